The number of nitrogens with one attached hydrogen (secondary N) is 1. The summed E-state index contributed by atoms with van der Waals surface area (Å²) in [6.45, 7) is 2.22. The van der Waals surface area contributed by atoms with Crippen LogP contribution in [-0.2, 0) is 10.0 Å². The number of hydrogen-bond donors (Lipinski definition) is 1. The van der Waals surface area contributed by atoms with Crippen LogP contribution in [0.3, 0.4) is 0 Å². The number of piperidine rings is 2. The molecule has 3 atom stereocenters. The van der Waals surface area contributed by atoms with Gasteiger partial charge >= 0.3 is 0 Å². The predicted octanol–water partition coefficient (Wildman–Crippen LogP) is 3.67. The molecule has 0 radical (unpaired) electrons. The quantitative estimate of drug-likeness (QED) is 0.784. The summed E-state index contributed by atoms with van der Waals surface area (Å²) in [5, 5.41) is 3.44. The van der Waals surface area contributed by atoms with Crippen LogP contribution in [0.5, 0.6) is 0 Å². The third kappa shape index (κ3) is 4.39. The summed E-state index contributed by atoms with van der Waals surface area (Å²) < 4.78 is 27.1. The maximum absolute atomic E-state index is 12.8. The molecule has 3 aliphatic rings. The van der Waals surface area contributed by atoms with E-state index in [2.05, 4.69) is 22.3 Å². The van der Waals surface area contributed by atoms with Crippen LogP contribution in [0.2, 0.25) is 0 Å². The summed E-state index contributed by atoms with van der Waals surface area (Å²) in [5.74, 6) is 0.209. The monoisotopic (exact) mass is 405 g/mol. The molecule has 0 amide bonds. The smallest absolute Gasteiger partial charge is 0.234 e. The molecule has 3 heterocycles. The van der Waals surface area contributed by atoms with Gasteiger partial charge in [-0.15, -0.1) is 0 Å². The molecular weight excluding hydrogens is 370 g/mol. The van der Waals surface area contributed by atoms with E-state index in [1.165, 1.54) is 61.4 Å². The van der Waals surface area contributed by atoms with Crippen molar-refractivity contribution in [2.24, 2.45) is 0 Å². The first-order valence-electron chi connectivity index (χ1n) is 11.1. The highest BCUT2D eigenvalue weighted by molar-refractivity contribution is 7.92. The Balaban J connectivity index is 1.38. The average molecular weight is 406 g/mol. The van der Waals surface area contributed by atoms with Crippen molar-refractivity contribution in [3.63, 3.8) is 0 Å². The van der Waals surface area contributed by atoms with Gasteiger partial charge in [0.2, 0.25) is 10.0 Å². The molecule has 3 saturated heterocycles. The zero-order valence-electron chi connectivity index (χ0n) is 17.1. The third-order valence-electron chi connectivity index (χ3n) is 7.04. The fourth-order valence-corrected chi connectivity index (χ4v) is 6.58. The molecule has 0 aliphatic carbocycles. The summed E-state index contributed by atoms with van der Waals surface area (Å²) in [6.07, 6.45) is 10.7. The summed E-state index contributed by atoms with van der Waals surface area (Å²) in [4.78, 5) is 2.68. The lowest BCUT2D eigenvalue weighted by Crippen LogP contribution is -2.37. The summed E-state index contributed by atoms with van der Waals surface area (Å²) >= 11 is 0. The lowest BCUT2D eigenvalue weighted by Gasteiger charge is -2.34. The highest BCUT2D eigenvalue weighted by atomic mass is 32.2. The van der Waals surface area contributed by atoms with Gasteiger partial charge in [-0.2, -0.15) is 0 Å². The van der Waals surface area contributed by atoms with E-state index in [1.807, 2.05) is 12.1 Å². The Kier molecular flexibility index (Phi) is 6.28. The molecule has 1 N–H and O–H groups in total. The van der Waals surface area contributed by atoms with Gasteiger partial charge in [-0.1, -0.05) is 25.0 Å². The largest absolute Gasteiger partial charge is 0.314 e. The Morgan fingerprint density at radius 1 is 1.04 bits per heavy atom. The summed E-state index contributed by atoms with van der Waals surface area (Å²) in [7, 11) is -1.59. The Morgan fingerprint density at radius 3 is 2.57 bits per heavy atom. The molecule has 6 heteroatoms. The lowest BCUT2D eigenvalue weighted by atomic mass is 10.0. The van der Waals surface area contributed by atoms with Crippen LogP contribution in [0.25, 0.3) is 0 Å². The van der Waals surface area contributed by atoms with Crippen molar-refractivity contribution in [1.82, 2.24) is 10.2 Å². The maximum atomic E-state index is 12.8. The zero-order valence-corrected chi connectivity index (χ0v) is 18.0. The molecule has 28 heavy (non-hydrogen) atoms. The van der Waals surface area contributed by atoms with E-state index in [-0.39, 0.29) is 5.75 Å². The van der Waals surface area contributed by atoms with E-state index in [4.69, 9.17) is 0 Å². The predicted molar refractivity (Wildman–Crippen MR) is 115 cm³/mol. The van der Waals surface area contributed by atoms with Crippen LogP contribution in [0, 0.1) is 0 Å². The van der Waals surface area contributed by atoms with Crippen LogP contribution in [0.15, 0.2) is 24.3 Å². The van der Waals surface area contributed by atoms with Crippen LogP contribution in [0.1, 0.15) is 69.4 Å². The number of fused-ring (bicyclic) bond motifs is 1. The highest BCUT2D eigenvalue weighted by Gasteiger charge is 2.35. The number of nitrogens with zero attached hydrogens (tertiary/aromatic N) is 2. The lowest BCUT2D eigenvalue weighted by molar-refractivity contribution is 0.150. The molecule has 0 spiro atoms. The zero-order chi connectivity index (χ0) is 19.6. The van der Waals surface area contributed by atoms with Crippen molar-refractivity contribution in [2.45, 2.75) is 75.9 Å². The van der Waals surface area contributed by atoms with Crippen molar-refractivity contribution in [3.8, 4) is 0 Å². The number of benzene rings is 1. The van der Waals surface area contributed by atoms with Crippen LogP contribution >= 0.6 is 0 Å². The molecule has 5 nitrogen and oxygen atoms in total. The number of anilines is 1. The number of rotatable bonds is 6. The average Bonchev–Trinajstić information content (AvgIpc) is 3.17. The molecular formula is C22H35N3O2S. The second-order valence-electron chi connectivity index (χ2n) is 8.79. The molecule has 1 aromatic rings. The Hall–Kier alpha value is -1.11. The van der Waals surface area contributed by atoms with Gasteiger partial charge in [0.25, 0.3) is 0 Å². The minimum absolute atomic E-state index is 0.209. The minimum atomic E-state index is -3.28. The highest BCUT2D eigenvalue weighted by Crippen LogP contribution is 2.40. The van der Waals surface area contributed by atoms with Crippen molar-refractivity contribution < 1.29 is 8.42 Å². The summed E-state index contributed by atoms with van der Waals surface area (Å²) in [5.41, 5.74) is 2.11. The van der Waals surface area contributed by atoms with Crippen LogP contribution < -0.4 is 9.62 Å². The third-order valence-corrected chi connectivity index (χ3v) is 8.84. The first-order chi connectivity index (χ1) is 13.5. The van der Waals surface area contributed by atoms with Gasteiger partial charge in [-0.25, -0.2) is 8.42 Å². The van der Waals surface area contributed by atoms with Crippen LogP contribution in [0.4, 0.5) is 5.69 Å². The van der Waals surface area contributed by atoms with E-state index in [0.717, 1.165) is 24.7 Å². The van der Waals surface area contributed by atoms with E-state index in [1.54, 1.807) is 7.05 Å². The van der Waals surface area contributed by atoms with Gasteiger partial charge in [0, 0.05) is 25.2 Å². The molecule has 1 aromatic carbocycles. The first kappa shape index (κ1) is 20.2. The molecule has 1 unspecified atom stereocenters. The molecule has 4 rings (SSSR count). The molecule has 3 fully saturated rings. The molecule has 156 valence electrons. The van der Waals surface area contributed by atoms with Crippen LogP contribution in [-0.4, -0.2) is 51.3 Å². The summed E-state index contributed by atoms with van der Waals surface area (Å²) in [6, 6.07) is 9.89. The maximum Gasteiger partial charge on any atom is 0.234 e. The molecule has 0 bridgehead atoms. The number of sulfonamides is 1. The van der Waals surface area contributed by atoms with E-state index in [0.29, 0.717) is 18.5 Å². The first-order valence-corrected chi connectivity index (χ1v) is 12.7. The van der Waals surface area contributed by atoms with Gasteiger partial charge in [-0.05, 0) is 75.7 Å². The van der Waals surface area contributed by atoms with Crippen molar-refractivity contribution >= 4 is 15.7 Å². The van der Waals surface area contributed by atoms with Gasteiger partial charge in [0.05, 0.1) is 11.4 Å². The molecule has 0 aromatic heterocycles. The van der Waals surface area contributed by atoms with Crippen molar-refractivity contribution in [2.75, 3.05) is 30.2 Å². The number of hydrogen-bond acceptors (Lipinski definition) is 4. The van der Waals surface area contributed by atoms with Crippen molar-refractivity contribution in [1.29, 1.82) is 0 Å². The molecule has 0 saturated carbocycles. The molecule has 3 aliphatic heterocycles. The fraction of sp³-hybridized carbons (Fsp3) is 0.727. The second kappa shape index (κ2) is 8.72. The van der Waals surface area contributed by atoms with E-state index >= 15 is 0 Å². The van der Waals surface area contributed by atoms with Gasteiger partial charge in [0.1, 0.15) is 0 Å². The second-order valence-corrected chi connectivity index (χ2v) is 10.9. The normalized spacial score (nSPS) is 28.8. The minimum Gasteiger partial charge on any atom is -0.314 e. The SMILES string of the molecule is CN(c1ccc([C@@H]2CC[C@@H]3CCCCN32)cc1)S(=O)(=O)CCC1CCCCN1. The van der Waals surface area contributed by atoms with Gasteiger partial charge in [0.15, 0.2) is 0 Å². The standard InChI is InChI=1S/C22H35N3O2S/c1-24(28(26,27)17-14-19-6-2-4-15-23-19)20-10-8-18(9-11-20)22-13-12-21-7-3-5-16-25(21)22/h8-11,19,21-23H,2-7,12-17H2,1H3/t19?,21-,22-/m0/s1. The van der Waals surface area contributed by atoms with Gasteiger partial charge < -0.3 is 5.32 Å². The van der Waals surface area contributed by atoms with Gasteiger partial charge in [-0.3, -0.25) is 9.21 Å². The Bertz CT molecular complexity index is 744. The van der Waals surface area contributed by atoms with E-state index in [9.17, 15) is 8.42 Å². The topological polar surface area (TPSA) is 52.7 Å². The Labute approximate surface area is 170 Å². The van der Waals surface area contributed by atoms with Crippen molar-refractivity contribution in [3.05, 3.63) is 29.8 Å². The van der Waals surface area contributed by atoms with E-state index < -0.39 is 10.0 Å². The fourth-order valence-electron chi connectivity index (χ4n) is 5.28. The Morgan fingerprint density at radius 2 is 1.82 bits per heavy atom.